The molecule has 18 heavy (non-hydrogen) atoms. The maximum absolute atomic E-state index is 11.0. The lowest BCUT2D eigenvalue weighted by Gasteiger charge is -2.12. The van der Waals surface area contributed by atoms with Crippen molar-refractivity contribution in [1.29, 1.82) is 0 Å². The zero-order valence-corrected chi connectivity index (χ0v) is 11.0. The van der Waals surface area contributed by atoms with Gasteiger partial charge >= 0.3 is 11.9 Å². The van der Waals surface area contributed by atoms with Crippen LogP contribution in [0.1, 0.15) is 39.5 Å². The van der Waals surface area contributed by atoms with E-state index < -0.39 is 5.97 Å². The van der Waals surface area contributed by atoms with Crippen molar-refractivity contribution in [3.63, 3.8) is 0 Å². The average molecular weight is 252 g/mol. The molecule has 0 bridgehead atoms. The first-order chi connectivity index (χ1) is 8.60. The third kappa shape index (κ3) is 9.46. The molecule has 0 aliphatic heterocycles. The Labute approximate surface area is 108 Å². The summed E-state index contributed by atoms with van der Waals surface area (Å²) in [6.45, 7) is 3.61. The molecule has 0 radical (unpaired) electrons. The highest BCUT2D eigenvalue weighted by atomic mass is 16.5. The molecule has 0 aliphatic carbocycles. The molecular formula is C14H20O4. The largest absolute Gasteiger partial charge is 0.462 e. The lowest BCUT2D eigenvalue weighted by Crippen LogP contribution is -2.15. The van der Waals surface area contributed by atoms with Gasteiger partial charge in [0.2, 0.25) is 0 Å². The van der Waals surface area contributed by atoms with E-state index in [-0.39, 0.29) is 18.7 Å². The van der Waals surface area contributed by atoms with E-state index in [2.05, 4.69) is 6.92 Å². The number of terminal acetylenes is 1. The van der Waals surface area contributed by atoms with Crippen LogP contribution in [0, 0.1) is 12.3 Å². The van der Waals surface area contributed by atoms with Crippen molar-refractivity contribution in [2.24, 2.45) is 0 Å². The summed E-state index contributed by atoms with van der Waals surface area (Å²) in [5.41, 5.74) is 0. The maximum Gasteiger partial charge on any atom is 0.384 e. The van der Waals surface area contributed by atoms with Gasteiger partial charge in [-0.05, 0) is 25.0 Å². The van der Waals surface area contributed by atoms with E-state index in [1.54, 1.807) is 12.2 Å². The Hall–Kier alpha value is -1.76. The number of rotatable bonds is 8. The SMILES string of the molecule is C#CC(=O)O[C@H](/C=C\COC(C)=O)CCCCC. The number of esters is 2. The molecule has 4 nitrogen and oxygen atoms in total. The van der Waals surface area contributed by atoms with Crippen molar-refractivity contribution in [1.82, 2.24) is 0 Å². The second-order valence-electron chi connectivity index (χ2n) is 3.81. The molecule has 0 rings (SSSR count). The summed E-state index contributed by atoms with van der Waals surface area (Å²) in [6, 6.07) is 0. The van der Waals surface area contributed by atoms with Crippen LogP contribution >= 0.6 is 0 Å². The Morgan fingerprint density at radius 3 is 2.67 bits per heavy atom. The van der Waals surface area contributed by atoms with Gasteiger partial charge in [-0.15, -0.1) is 6.42 Å². The fourth-order valence-electron chi connectivity index (χ4n) is 1.33. The second-order valence-corrected chi connectivity index (χ2v) is 3.81. The van der Waals surface area contributed by atoms with E-state index in [1.165, 1.54) is 6.92 Å². The van der Waals surface area contributed by atoms with E-state index >= 15 is 0 Å². The molecular weight excluding hydrogens is 232 g/mol. The number of unbranched alkanes of at least 4 members (excludes halogenated alkanes) is 2. The molecule has 1 atom stereocenters. The summed E-state index contributed by atoms with van der Waals surface area (Å²) < 4.78 is 9.79. The lowest BCUT2D eigenvalue weighted by molar-refractivity contribution is -0.141. The smallest absolute Gasteiger partial charge is 0.384 e. The first-order valence-electron chi connectivity index (χ1n) is 6.07. The fraction of sp³-hybridized carbons (Fsp3) is 0.571. The van der Waals surface area contributed by atoms with Gasteiger partial charge in [0.25, 0.3) is 0 Å². The van der Waals surface area contributed by atoms with Gasteiger partial charge in [-0.1, -0.05) is 19.8 Å². The summed E-state index contributed by atoms with van der Waals surface area (Å²) in [5, 5.41) is 0. The minimum Gasteiger partial charge on any atom is -0.462 e. The van der Waals surface area contributed by atoms with Crippen LogP contribution in [0.25, 0.3) is 0 Å². The molecule has 4 heteroatoms. The number of carbonyl (C=O) groups excluding carboxylic acids is 2. The van der Waals surface area contributed by atoms with Crippen LogP contribution in [0.15, 0.2) is 12.2 Å². The highest BCUT2D eigenvalue weighted by Gasteiger charge is 2.08. The molecule has 0 aromatic carbocycles. The number of hydrogen-bond acceptors (Lipinski definition) is 4. The van der Waals surface area contributed by atoms with E-state index in [0.717, 1.165) is 25.7 Å². The van der Waals surface area contributed by atoms with Gasteiger partial charge in [0.1, 0.15) is 12.7 Å². The van der Waals surface area contributed by atoms with Crippen molar-refractivity contribution in [2.75, 3.05) is 6.61 Å². The van der Waals surface area contributed by atoms with E-state index in [1.807, 2.05) is 5.92 Å². The fourth-order valence-corrected chi connectivity index (χ4v) is 1.33. The molecule has 0 aromatic heterocycles. The zero-order chi connectivity index (χ0) is 13.8. The molecule has 0 amide bonds. The van der Waals surface area contributed by atoms with E-state index in [4.69, 9.17) is 15.9 Å². The Kier molecular flexibility index (Phi) is 9.38. The molecule has 0 heterocycles. The van der Waals surface area contributed by atoms with Crippen LogP contribution in [0.3, 0.4) is 0 Å². The summed E-state index contributed by atoms with van der Waals surface area (Å²) in [4.78, 5) is 21.6. The molecule has 0 spiro atoms. The van der Waals surface area contributed by atoms with Crippen LogP contribution in [0.4, 0.5) is 0 Å². The first kappa shape index (κ1) is 16.2. The zero-order valence-electron chi connectivity index (χ0n) is 11.0. The van der Waals surface area contributed by atoms with Crippen LogP contribution in [-0.2, 0) is 19.1 Å². The Balaban J connectivity index is 4.14. The Morgan fingerprint density at radius 2 is 2.11 bits per heavy atom. The average Bonchev–Trinajstić information content (AvgIpc) is 2.34. The van der Waals surface area contributed by atoms with Crippen LogP contribution < -0.4 is 0 Å². The van der Waals surface area contributed by atoms with Crippen molar-refractivity contribution in [3.8, 4) is 12.3 Å². The third-order valence-electron chi connectivity index (χ3n) is 2.20. The molecule has 0 aromatic rings. The normalized spacial score (nSPS) is 11.8. The summed E-state index contributed by atoms with van der Waals surface area (Å²) in [7, 11) is 0. The van der Waals surface area contributed by atoms with Gasteiger partial charge in [-0.2, -0.15) is 0 Å². The van der Waals surface area contributed by atoms with Gasteiger partial charge < -0.3 is 9.47 Å². The first-order valence-corrected chi connectivity index (χ1v) is 6.07. The standard InChI is InChI=1S/C14H20O4/c1-4-6-7-9-13(18-14(16)5-2)10-8-11-17-12(3)15/h2,8,10,13H,4,6-7,9,11H2,1,3H3/b10-8-/t13-/m0/s1. The Bertz CT molecular complexity index is 325. The molecule has 0 unspecified atom stereocenters. The third-order valence-corrected chi connectivity index (χ3v) is 2.20. The van der Waals surface area contributed by atoms with Gasteiger partial charge in [-0.3, -0.25) is 4.79 Å². The highest BCUT2D eigenvalue weighted by Crippen LogP contribution is 2.08. The molecule has 0 N–H and O–H groups in total. The minimum atomic E-state index is -0.673. The number of ether oxygens (including phenoxy) is 2. The van der Waals surface area contributed by atoms with Crippen LogP contribution in [-0.4, -0.2) is 24.6 Å². The molecule has 0 saturated carbocycles. The Morgan fingerprint density at radius 1 is 1.39 bits per heavy atom. The van der Waals surface area contributed by atoms with Crippen molar-refractivity contribution >= 4 is 11.9 Å². The molecule has 100 valence electrons. The predicted octanol–water partition coefficient (Wildman–Crippen LogP) is 2.23. The number of carbonyl (C=O) groups is 2. The highest BCUT2D eigenvalue weighted by molar-refractivity contribution is 5.87. The van der Waals surface area contributed by atoms with Gasteiger partial charge in [0.05, 0.1) is 0 Å². The maximum atomic E-state index is 11.0. The molecule has 0 aliphatic rings. The topological polar surface area (TPSA) is 52.6 Å². The van der Waals surface area contributed by atoms with Crippen LogP contribution in [0.2, 0.25) is 0 Å². The molecule has 0 fully saturated rings. The van der Waals surface area contributed by atoms with E-state index in [9.17, 15) is 9.59 Å². The second kappa shape index (κ2) is 10.4. The number of hydrogen-bond donors (Lipinski definition) is 0. The van der Waals surface area contributed by atoms with Crippen molar-refractivity contribution in [3.05, 3.63) is 12.2 Å². The summed E-state index contributed by atoms with van der Waals surface area (Å²) in [5.74, 6) is 0.897. The summed E-state index contributed by atoms with van der Waals surface area (Å²) in [6.07, 6.45) is 11.8. The van der Waals surface area contributed by atoms with E-state index in [0.29, 0.717) is 0 Å². The lowest BCUT2D eigenvalue weighted by atomic mass is 10.1. The van der Waals surface area contributed by atoms with Crippen LogP contribution in [0.5, 0.6) is 0 Å². The summed E-state index contributed by atoms with van der Waals surface area (Å²) >= 11 is 0. The molecule has 0 saturated heterocycles. The predicted molar refractivity (Wildman–Crippen MR) is 68.6 cm³/mol. The van der Waals surface area contributed by atoms with Gasteiger partial charge in [0, 0.05) is 12.8 Å². The monoisotopic (exact) mass is 252 g/mol. The van der Waals surface area contributed by atoms with Gasteiger partial charge in [0.15, 0.2) is 0 Å². The van der Waals surface area contributed by atoms with Gasteiger partial charge in [-0.25, -0.2) is 4.79 Å². The van der Waals surface area contributed by atoms with Crippen molar-refractivity contribution < 1.29 is 19.1 Å². The quantitative estimate of drug-likeness (QED) is 0.218. The van der Waals surface area contributed by atoms with Crippen molar-refractivity contribution in [2.45, 2.75) is 45.6 Å². The minimum absolute atomic E-state index is 0.174.